The molecule has 6 aromatic rings. The van der Waals surface area contributed by atoms with Gasteiger partial charge in [0.15, 0.2) is 0 Å². The average Bonchev–Trinajstić information content (AvgIpc) is 3.59. The fraction of sp³-hybridized carbons (Fsp3) is 0.125. The smallest absolute Gasteiger partial charge is 0.252 e. The molecular weight excluding hydrogens is 484 g/mol. The highest BCUT2D eigenvalue weighted by Gasteiger charge is 2.18. The molecule has 39 heavy (non-hydrogen) atoms. The third-order valence-electron chi connectivity index (χ3n) is 6.80. The molecule has 0 unspecified atom stereocenters. The number of para-hydroxylation sites is 2. The van der Waals surface area contributed by atoms with Gasteiger partial charge in [-0.2, -0.15) is 10.2 Å². The summed E-state index contributed by atoms with van der Waals surface area (Å²) in [5.41, 5.74) is 7.61. The van der Waals surface area contributed by atoms with Gasteiger partial charge < -0.3 is 5.32 Å². The topological polar surface area (TPSA) is 77.6 Å². The molecule has 1 amide bonds. The molecule has 0 fully saturated rings. The number of nitrogens with one attached hydrogen (secondary N) is 1. The number of pyridine rings is 1. The zero-order chi connectivity index (χ0) is 26.8. The van der Waals surface area contributed by atoms with Gasteiger partial charge in [-0.1, -0.05) is 66.7 Å². The predicted molar refractivity (Wildman–Crippen MR) is 154 cm³/mol. The number of rotatable bonds is 7. The molecule has 7 heteroatoms. The number of carbonyl (C=O) groups is 1. The van der Waals surface area contributed by atoms with Crippen LogP contribution in [0.25, 0.3) is 39.1 Å². The van der Waals surface area contributed by atoms with Crippen LogP contribution >= 0.6 is 0 Å². The van der Waals surface area contributed by atoms with Crippen LogP contribution in [-0.4, -0.2) is 30.5 Å². The van der Waals surface area contributed by atoms with E-state index in [-0.39, 0.29) is 5.91 Å². The molecule has 3 aromatic carbocycles. The predicted octanol–water partition coefficient (Wildman–Crippen LogP) is 6.21. The first-order valence-corrected chi connectivity index (χ1v) is 13.0. The second-order valence-corrected chi connectivity index (χ2v) is 9.39. The zero-order valence-corrected chi connectivity index (χ0v) is 21.9. The molecular formula is C32H28N6O. The van der Waals surface area contributed by atoms with Crippen molar-refractivity contribution in [1.29, 1.82) is 0 Å². The Labute approximate surface area is 226 Å². The van der Waals surface area contributed by atoms with Crippen molar-refractivity contribution in [3.05, 3.63) is 120 Å². The molecule has 0 saturated heterocycles. The summed E-state index contributed by atoms with van der Waals surface area (Å²) in [5, 5.41) is 13.4. The van der Waals surface area contributed by atoms with Crippen molar-refractivity contribution >= 4 is 16.8 Å². The highest BCUT2D eigenvalue weighted by Crippen LogP contribution is 2.28. The Kier molecular flexibility index (Phi) is 6.47. The van der Waals surface area contributed by atoms with Crippen molar-refractivity contribution in [1.82, 2.24) is 29.9 Å². The fourth-order valence-corrected chi connectivity index (χ4v) is 4.79. The molecule has 0 spiro atoms. The monoisotopic (exact) mass is 512 g/mol. The van der Waals surface area contributed by atoms with E-state index < -0.39 is 0 Å². The number of fused-ring (bicyclic) bond motifs is 1. The van der Waals surface area contributed by atoms with Crippen molar-refractivity contribution in [3.8, 4) is 28.2 Å². The third-order valence-corrected chi connectivity index (χ3v) is 6.80. The molecule has 6 rings (SSSR count). The van der Waals surface area contributed by atoms with Crippen LogP contribution in [0.15, 0.2) is 103 Å². The van der Waals surface area contributed by atoms with Crippen LogP contribution in [0.1, 0.15) is 28.5 Å². The number of benzene rings is 3. The number of amides is 1. The van der Waals surface area contributed by atoms with Crippen LogP contribution in [-0.2, 0) is 13.1 Å². The van der Waals surface area contributed by atoms with E-state index in [0.29, 0.717) is 12.1 Å². The molecule has 3 aromatic heterocycles. The summed E-state index contributed by atoms with van der Waals surface area (Å²) < 4.78 is 3.74. The van der Waals surface area contributed by atoms with Gasteiger partial charge in [0, 0.05) is 47.6 Å². The first kappa shape index (κ1) is 24.3. The van der Waals surface area contributed by atoms with E-state index in [1.807, 2.05) is 127 Å². The summed E-state index contributed by atoms with van der Waals surface area (Å²) >= 11 is 0. The maximum absolute atomic E-state index is 13.7. The maximum atomic E-state index is 13.7. The molecule has 0 aliphatic rings. The Morgan fingerprint density at radius 1 is 0.872 bits per heavy atom. The fourth-order valence-electron chi connectivity index (χ4n) is 4.79. The van der Waals surface area contributed by atoms with E-state index in [1.165, 1.54) is 0 Å². The summed E-state index contributed by atoms with van der Waals surface area (Å²) in [5.74, 6) is -0.165. The van der Waals surface area contributed by atoms with Crippen molar-refractivity contribution < 1.29 is 4.79 Å². The zero-order valence-electron chi connectivity index (χ0n) is 21.9. The van der Waals surface area contributed by atoms with E-state index in [4.69, 9.17) is 10.1 Å². The lowest BCUT2D eigenvalue weighted by Crippen LogP contribution is -2.23. The van der Waals surface area contributed by atoms with Gasteiger partial charge in [-0.15, -0.1) is 0 Å². The van der Waals surface area contributed by atoms with Crippen LogP contribution in [0, 0.1) is 6.92 Å². The van der Waals surface area contributed by atoms with Gasteiger partial charge in [-0.3, -0.25) is 9.48 Å². The molecule has 7 nitrogen and oxygen atoms in total. The lowest BCUT2D eigenvalue weighted by Gasteiger charge is -2.10. The van der Waals surface area contributed by atoms with E-state index in [2.05, 4.69) is 10.4 Å². The Morgan fingerprint density at radius 2 is 1.59 bits per heavy atom. The average molecular weight is 513 g/mol. The van der Waals surface area contributed by atoms with E-state index >= 15 is 0 Å². The number of hydrogen-bond donors (Lipinski definition) is 1. The maximum Gasteiger partial charge on any atom is 0.252 e. The van der Waals surface area contributed by atoms with Crippen molar-refractivity contribution in [2.75, 3.05) is 0 Å². The minimum Gasteiger partial charge on any atom is -0.348 e. The van der Waals surface area contributed by atoms with E-state index in [0.717, 1.165) is 56.9 Å². The van der Waals surface area contributed by atoms with Crippen LogP contribution < -0.4 is 5.32 Å². The van der Waals surface area contributed by atoms with Crippen molar-refractivity contribution in [2.45, 2.75) is 26.9 Å². The Bertz CT molecular complexity index is 1770. The molecule has 0 aliphatic heterocycles. The molecule has 0 bridgehead atoms. The quantitative estimate of drug-likeness (QED) is 0.276. The Balaban J connectivity index is 1.36. The number of hydrogen-bond acceptors (Lipinski definition) is 4. The largest absolute Gasteiger partial charge is 0.348 e. The van der Waals surface area contributed by atoms with Gasteiger partial charge in [-0.05, 0) is 38.1 Å². The van der Waals surface area contributed by atoms with Gasteiger partial charge in [0.05, 0.1) is 33.8 Å². The number of aromatic nitrogens is 5. The minimum absolute atomic E-state index is 0.165. The molecule has 192 valence electrons. The van der Waals surface area contributed by atoms with E-state index in [1.54, 1.807) is 0 Å². The van der Waals surface area contributed by atoms with Gasteiger partial charge in [-0.25, -0.2) is 9.67 Å². The first-order valence-electron chi connectivity index (χ1n) is 13.0. The molecule has 0 saturated carbocycles. The number of aryl methyl sites for hydroxylation is 2. The summed E-state index contributed by atoms with van der Waals surface area (Å²) in [6.45, 7) is 5.11. The molecule has 3 heterocycles. The lowest BCUT2D eigenvalue weighted by atomic mass is 10.0. The second-order valence-electron chi connectivity index (χ2n) is 9.39. The van der Waals surface area contributed by atoms with Crippen LogP contribution in [0.2, 0.25) is 0 Å². The van der Waals surface area contributed by atoms with Crippen LogP contribution in [0.4, 0.5) is 0 Å². The first-order chi connectivity index (χ1) is 19.1. The number of nitrogens with zero attached hydrogens (tertiary/aromatic N) is 5. The summed E-state index contributed by atoms with van der Waals surface area (Å²) in [6, 6.07) is 29.6. The molecule has 0 aliphatic carbocycles. The van der Waals surface area contributed by atoms with Crippen LogP contribution in [0.5, 0.6) is 0 Å². The second kappa shape index (κ2) is 10.4. The summed E-state index contributed by atoms with van der Waals surface area (Å²) in [6.07, 6.45) is 3.97. The van der Waals surface area contributed by atoms with E-state index in [9.17, 15) is 4.79 Å². The van der Waals surface area contributed by atoms with Gasteiger partial charge >= 0.3 is 0 Å². The van der Waals surface area contributed by atoms with Crippen molar-refractivity contribution in [3.63, 3.8) is 0 Å². The molecule has 0 atom stereocenters. The number of carbonyl (C=O) groups excluding carboxylic acids is 1. The third kappa shape index (κ3) is 4.82. The van der Waals surface area contributed by atoms with Crippen LogP contribution in [0.3, 0.4) is 0 Å². The Morgan fingerprint density at radius 3 is 2.33 bits per heavy atom. The summed E-state index contributed by atoms with van der Waals surface area (Å²) in [7, 11) is 0. The minimum atomic E-state index is -0.165. The highest BCUT2D eigenvalue weighted by atomic mass is 16.1. The standard InChI is InChI=1S/C32H28N6O/c1-3-37-21-28(22(2)35-37)30-18-27(26-16-10-11-17-29(26)34-30)32(39)33-19-24-20-38(25-14-8-5-9-15-25)36-31(24)23-12-6-4-7-13-23/h4-18,20-21H,3,19H2,1-2H3,(H,33,39). The van der Waals surface area contributed by atoms with Gasteiger partial charge in [0.1, 0.15) is 0 Å². The molecule has 1 N–H and O–H groups in total. The lowest BCUT2D eigenvalue weighted by molar-refractivity contribution is 0.0952. The highest BCUT2D eigenvalue weighted by molar-refractivity contribution is 6.07. The van der Waals surface area contributed by atoms with Gasteiger partial charge in [0.2, 0.25) is 0 Å². The Hall–Kier alpha value is -5.04. The van der Waals surface area contributed by atoms with Gasteiger partial charge in [0.25, 0.3) is 5.91 Å². The SMILES string of the molecule is CCn1cc(-c2cc(C(=O)NCc3cn(-c4ccccc4)nc3-c3ccccc3)c3ccccc3n2)c(C)n1. The van der Waals surface area contributed by atoms with Crippen molar-refractivity contribution in [2.24, 2.45) is 0 Å². The molecule has 0 radical (unpaired) electrons. The normalized spacial score (nSPS) is 11.1. The summed E-state index contributed by atoms with van der Waals surface area (Å²) in [4.78, 5) is 18.6.